The summed E-state index contributed by atoms with van der Waals surface area (Å²) in [7, 11) is 0. The van der Waals surface area contributed by atoms with Crippen LogP contribution in [0.4, 0.5) is 8.78 Å². The fourth-order valence-corrected chi connectivity index (χ4v) is 5.84. The number of halogens is 2. The van der Waals surface area contributed by atoms with E-state index in [4.69, 9.17) is 4.74 Å². The first-order chi connectivity index (χ1) is 18.2. The number of fused-ring (bicyclic) bond motifs is 1. The van der Waals surface area contributed by atoms with Crippen LogP contribution in [0.15, 0.2) is 66.7 Å². The average molecular weight is 505 g/mol. The summed E-state index contributed by atoms with van der Waals surface area (Å²) in [4.78, 5) is 5.04. The van der Waals surface area contributed by atoms with Gasteiger partial charge in [0.25, 0.3) is 0 Å². The van der Waals surface area contributed by atoms with Crippen LogP contribution in [0, 0.1) is 11.6 Å². The zero-order valence-electron chi connectivity index (χ0n) is 21.7. The van der Waals surface area contributed by atoms with Crippen molar-refractivity contribution in [2.24, 2.45) is 0 Å². The van der Waals surface area contributed by atoms with Crippen molar-refractivity contribution < 1.29 is 13.5 Å². The highest BCUT2D eigenvalue weighted by Gasteiger charge is 2.19. The maximum absolute atomic E-state index is 13.5. The molecule has 3 aromatic rings. The average Bonchev–Trinajstić information content (AvgIpc) is 2.93. The van der Waals surface area contributed by atoms with E-state index in [2.05, 4.69) is 28.0 Å². The molecule has 1 aliphatic heterocycles. The zero-order valence-corrected chi connectivity index (χ0v) is 21.7. The summed E-state index contributed by atoms with van der Waals surface area (Å²) in [6.07, 6.45) is 6.88. The Balaban J connectivity index is 1.06. The van der Waals surface area contributed by atoms with Crippen LogP contribution in [0.3, 0.4) is 0 Å². The van der Waals surface area contributed by atoms with Crippen molar-refractivity contribution in [1.29, 1.82) is 0 Å². The van der Waals surface area contributed by atoms with E-state index in [1.165, 1.54) is 54.7 Å². The molecule has 0 N–H and O–H groups in total. The molecule has 37 heavy (non-hydrogen) atoms. The molecule has 1 fully saturated rings. The van der Waals surface area contributed by atoms with Gasteiger partial charge in [0.15, 0.2) is 0 Å². The molecule has 0 atom stereocenters. The van der Waals surface area contributed by atoms with E-state index in [9.17, 15) is 8.78 Å². The van der Waals surface area contributed by atoms with Gasteiger partial charge in [0.05, 0.1) is 0 Å². The van der Waals surface area contributed by atoms with Crippen molar-refractivity contribution in [3.05, 3.63) is 101 Å². The molecule has 0 saturated carbocycles. The summed E-state index contributed by atoms with van der Waals surface area (Å²) in [6, 6.07) is 20.0. The summed E-state index contributed by atoms with van der Waals surface area (Å²) < 4.78 is 33.2. The second-order valence-corrected chi connectivity index (χ2v) is 10.4. The Kier molecular flexibility index (Phi) is 8.85. The highest BCUT2D eigenvalue weighted by atomic mass is 19.1. The van der Waals surface area contributed by atoms with Gasteiger partial charge in [-0.25, -0.2) is 8.78 Å². The third-order valence-corrected chi connectivity index (χ3v) is 7.99. The van der Waals surface area contributed by atoms with Gasteiger partial charge in [-0.05, 0) is 97.7 Å². The summed E-state index contributed by atoms with van der Waals surface area (Å²) in [5, 5.41) is 0. The summed E-state index contributed by atoms with van der Waals surface area (Å²) in [5.74, 6) is 0.775. The van der Waals surface area contributed by atoms with E-state index < -0.39 is 0 Å². The third-order valence-electron chi connectivity index (χ3n) is 7.99. The fourth-order valence-electron chi connectivity index (χ4n) is 5.84. The van der Waals surface area contributed by atoms with Crippen LogP contribution in [0.1, 0.15) is 53.9 Å². The molecule has 1 saturated heterocycles. The van der Waals surface area contributed by atoms with Gasteiger partial charge in [0, 0.05) is 38.6 Å². The van der Waals surface area contributed by atoms with E-state index in [0.717, 1.165) is 82.0 Å². The van der Waals surface area contributed by atoms with Crippen LogP contribution in [-0.4, -0.2) is 55.7 Å². The molecule has 196 valence electrons. The number of aryl methyl sites for hydroxylation is 1. The molecule has 0 spiro atoms. The first kappa shape index (κ1) is 25.9. The second kappa shape index (κ2) is 12.7. The van der Waals surface area contributed by atoms with Gasteiger partial charge in [-0.1, -0.05) is 36.4 Å². The molecule has 2 aliphatic rings. The number of hydrogen-bond acceptors (Lipinski definition) is 3. The van der Waals surface area contributed by atoms with Gasteiger partial charge >= 0.3 is 0 Å². The lowest BCUT2D eigenvalue weighted by Crippen LogP contribution is -2.47. The van der Waals surface area contributed by atoms with Crippen LogP contribution < -0.4 is 4.74 Å². The van der Waals surface area contributed by atoms with Gasteiger partial charge < -0.3 is 9.64 Å². The molecule has 0 amide bonds. The number of hydrogen-bond donors (Lipinski definition) is 0. The minimum Gasteiger partial charge on any atom is -0.492 e. The predicted molar refractivity (Wildman–Crippen MR) is 145 cm³/mol. The van der Waals surface area contributed by atoms with Crippen molar-refractivity contribution in [3.8, 4) is 5.75 Å². The number of ether oxygens (including phenoxy) is 1. The van der Waals surface area contributed by atoms with Crippen LogP contribution >= 0.6 is 0 Å². The minimum absolute atomic E-state index is 0.142. The molecule has 3 aromatic carbocycles. The van der Waals surface area contributed by atoms with Crippen LogP contribution in [-0.2, 0) is 12.8 Å². The van der Waals surface area contributed by atoms with Crippen molar-refractivity contribution in [3.63, 3.8) is 0 Å². The lowest BCUT2D eigenvalue weighted by Gasteiger charge is -2.35. The maximum Gasteiger partial charge on any atom is 0.123 e. The Labute approximate surface area is 220 Å². The number of piperazine rings is 1. The lowest BCUT2D eigenvalue weighted by atomic mass is 9.87. The first-order valence-corrected chi connectivity index (χ1v) is 13.8. The first-order valence-electron chi connectivity index (χ1n) is 13.8. The maximum atomic E-state index is 13.5. The molecule has 5 rings (SSSR count). The Bertz CT molecular complexity index is 1080. The van der Waals surface area contributed by atoms with Gasteiger partial charge in [0.1, 0.15) is 24.0 Å². The number of benzene rings is 3. The summed E-state index contributed by atoms with van der Waals surface area (Å²) >= 11 is 0. The molecule has 1 heterocycles. The van der Waals surface area contributed by atoms with Crippen LogP contribution in [0.5, 0.6) is 5.75 Å². The zero-order chi connectivity index (χ0) is 25.5. The Morgan fingerprint density at radius 2 is 1.30 bits per heavy atom. The Morgan fingerprint density at radius 3 is 1.95 bits per heavy atom. The number of rotatable bonds is 10. The molecular formula is C32H38F2N2O. The SMILES string of the molecule is Fc1ccc(C(CCCN2CCN(CCOc3cccc4c3CCCC4)CC2)c2ccc(F)cc2)cc1. The van der Waals surface area contributed by atoms with Gasteiger partial charge in [-0.3, -0.25) is 4.90 Å². The van der Waals surface area contributed by atoms with E-state index >= 15 is 0 Å². The molecule has 0 radical (unpaired) electrons. The van der Waals surface area contributed by atoms with Crippen LogP contribution in [0.2, 0.25) is 0 Å². The van der Waals surface area contributed by atoms with E-state index in [1.807, 2.05) is 24.3 Å². The molecule has 3 nitrogen and oxygen atoms in total. The summed E-state index contributed by atoms with van der Waals surface area (Å²) in [6.45, 7) is 7.02. The van der Waals surface area contributed by atoms with E-state index in [-0.39, 0.29) is 17.6 Å². The summed E-state index contributed by atoms with van der Waals surface area (Å²) in [5.41, 5.74) is 5.06. The van der Waals surface area contributed by atoms with E-state index in [0.29, 0.717) is 0 Å². The topological polar surface area (TPSA) is 15.7 Å². The molecule has 0 unspecified atom stereocenters. The molecule has 5 heteroatoms. The van der Waals surface area contributed by atoms with Crippen molar-refractivity contribution >= 4 is 0 Å². The fraction of sp³-hybridized carbons (Fsp3) is 0.438. The molecule has 0 bridgehead atoms. The highest BCUT2D eigenvalue weighted by molar-refractivity contribution is 5.41. The molecular weight excluding hydrogens is 466 g/mol. The quantitative estimate of drug-likeness (QED) is 0.316. The monoisotopic (exact) mass is 504 g/mol. The number of nitrogens with zero attached hydrogens (tertiary/aromatic N) is 2. The largest absolute Gasteiger partial charge is 0.492 e. The standard InChI is InChI=1S/C32H38F2N2O/c33-28-14-10-26(11-15-28)30(27-12-16-29(34)17-13-27)8-4-18-35-19-21-36(22-20-35)23-24-37-32-9-3-6-25-5-1-2-7-31(25)32/h3,6,9-17,30H,1-2,4-5,7-8,18-24H2. The predicted octanol–water partition coefficient (Wildman–Crippen LogP) is 6.45. The smallest absolute Gasteiger partial charge is 0.123 e. The Morgan fingerprint density at radius 1 is 0.703 bits per heavy atom. The third kappa shape index (κ3) is 6.97. The van der Waals surface area contributed by atoms with Crippen LogP contribution in [0.25, 0.3) is 0 Å². The van der Waals surface area contributed by atoms with Crippen molar-refractivity contribution in [2.75, 3.05) is 45.9 Å². The normalized spacial score (nSPS) is 16.6. The minimum atomic E-state index is -0.229. The second-order valence-electron chi connectivity index (χ2n) is 10.4. The van der Waals surface area contributed by atoms with Crippen molar-refractivity contribution in [1.82, 2.24) is 9.80 Å². The van der Waals surface area contributed by atoms with Gasteiger partial charge in [-0.15, -0.1) is 0 Å². The Hall–Kier alpha value is -2.76. The van der Waals surface area contributed by atoms with Gasteiger partial charge in [-0.2, -0.15) is 0 Å². The molecule has 1 aliphatic carbocycles. The van der Waals surface area contributed by atoms with Crippen molar-refractivity contribution in [2.45, 2.75) is 44.4 Å². The van der Waals surface area contributed by atoms with Gasteiger partial charge in [0.2, 0.25) is 0 Å². The molecule has 0 aromatic heterocycles. The van der Waals surface area contributed by atoms with E-state index in [1.54, 1.807) is 0 Å². The lowest BCUT2D eigenvalue weighted by molar-refractivity contribution is 0.115. The highest BCUT2D eigenvalue weighted by Crippen LogP contribution is 2.31.